The summed E-state index contributed by atoms with van der Waals surface area (Å²) in [5.74, 6) is 0.369. The summed E-state index contributed by atoms with van der Waals surface area (Å²) in [7, 11) is 3.15. The van der Waals surface area contributed by atoms with E-state index >= 15 is 0 Å². The van der Waals surface area contributed by atoms with Crippen LogP contribution in [0.4, 0.5) is 0 Å². The Morgan fingerprint density at radius 3 is 2.35 bits per heavy atom. The van der Waals surface area contributed by atoms with Crippen LogP contribution in [0.25, 0.3) is 5.76 Å². The number of aliphatic hydroxyl groups is 1. The van der Waals surface area contributed by atoms with Gasteiger partial charge in [0.15, 0.2) is 11.5 Å². The molecule has 7 nitrogen and oxygen atoms in total. The number of carbonyl (C=O) groups excluding carboxylic acids is 2. The largest absolute Gasteiger partial charge is 0.507 e. The van der Waals surface area contributed by atoms with Gasteiger partial charge in [0.1, 0.15) is 11.5 Å². The number of hydrogen-bond acceptors (Lipinski definition) is 6. The van der Waals surface area contributed by atoms with E-state index in [2.05, 4.69) is 6.92 Å². The fraction of sp³-hybridized carbons (Fsp3) is 0.333. The molecule has 0 aliphatic carbocycles. The first kappa shape index (κ1) is 28.7. The lowest BCUT2D eigenvalue weighted by Gasteiger charge is -2.26. The molecular weight excluding hydrogens is 506 g/mol. The molecule has 210 valence electrons. The number of aryl methyl sites for hydroxylation is 1. The molecular formula is C33H37NO6. The second-order valence-electron chi connectivity index (χ2n) is 9.93. The molecule has 3 aromatic rings. The molecule has 1 unspecified atom stereocenters. The molecule has 1 aliphatic rings. The molecule has 0 bridgehead atoms. The van der Waals surface area contributed by atoms with Gasteiger partial charge in [-0.3, -0.25) is 9.59 Å². The molecule has 4 rings (SSSR count). The van der Waals surface area contributed by atoms with Crippen molar-refractivity contribution in [3.8, 4) is 17.2 Å². The molecule has 0 spiro atoms. The first-order chi connectivity index (χ1) is 19.4. The van der Waals surface area contributed by atoms with Crippen molar-refractivity contribution in [3.63, 3.8) is 0 Å². The maximum atomic E-state index is 13.4. The van der Waals surface area contributed by atoms with Gasteiger partial charge in [-0.1, -0.05) is 55.7 Å². The van der Waals surface area contributed by atoms with Crippen LogP contribution >= 0.6 is 0 Å². The van der Waals surface area contributed by atoms with Gasteiger partial charge < -0.3 is 24.2 Å². The van der Waals surface area contributed by atoms with Crippen LogP contribution in [0.15, 0.2) is 72.3 Å². The SMILES string of the molecule is CCCCCOc1ccc(/C(O)=C2\C(=O)C(=O)N(CCc3ccc(OC)c(OC)c3)C2c2cccc(C)c2)cc1. The monoisotopic (exact) mass is 543 g/mol. The summed E-state index contributed by atoms with van der Waals surface area (Å²) < 4.78 is 16.5. The van der Waals surface area contributed by atoms with Gasteiger partial charge in [0, 0.05) is 12.1 Å². The zero-order chi connectivity index (χ0) is 28.6. The quantitative estimate of drug-likeness (QED) is 0.126. The molecule has 40 heavy (non-hydrogen) atoms. The zero-order valence-corrected chi connectivity index (χ0v) is 23.6. The fourth-order valence-electron chi connectivity index (χ4n) is 4.99. The van der Waals surface area contributed by atoms with Gasteiger partial charge in [0.25, 0.3) is 11.7 Å². The van der Waals surface area contributed by atoms with Crippen LogP contribution in [0.3, 0.4) is 0 Å². The van der Waals surface area contributed by atoms with E-state index in [-0.39, 0.29) is 17.9 Å². The molecule has 1 atom stereocenters. The molecule has 3 aromatic carbocycles. The van der Waals surface area contributed by atoms with Crippen LogP contribution in [-0.2, 0) is 16.0 Å². The van der Waals surface area contributed by atoms with Crippen molar-refractivity contribution in [1.29, 1.82) is 0 Å². The lowest BCUT2D eigenvalue weighted by atomic mass is 9.94. The summed E-state index contributed by atoms with van der Waals surface area (Å²) in [6.07, 6.45) is 3.68. The van der Waals surface area contributed by atoms with Crippen molar-refractivity contribution in [2.24, 2.45) is 0 Å². The van der Waals surface area contributed by atoms with Gasteiger partial charge in [-0.25, -0.2) is 0 Å². The fourth-order valence-corrected chi connectivity index (χ4v) is 4.99. The molecule has 0 radical (unpaired) electrons. The van der Waals surface area contributed by atoms with Crippen molar-refractivity contribution < 1.29 is 28.9 Å². The van der Waals surface area contributed by atoms with Gasteiger partial charge in [-0.15, -0.1) is 0 Å². The third-order valence-corrected chi connectivity index (χ3v) is 7.13. The summed E-state index contributed by atoms with van der Waals surface area (Å²) in [5.41, 5.74) is 3.23. The van der Waals surface area contributed by atoms with Crippen LogP contribution in [0.5, 0.6) is 17.2 Å². The third kappa shape index (κ3) is 6.30. The minimum Gasteiger partial charge on any atom is -0.507 e. The van der Waals surface area contributed by atoms with E-state index in [0.29, 0.717) is 35.8 Å². The number of ketones is 1. The van der Waals surface area contributed by atoms with Crippen LogP contribution in [0.2, 0.25) is 0 Å². The van der Waals surface area contributed by atoms with E-state index in [9.17, 15) is 14.7 Å². The van der Waals surface area contributed by atoms with Gasteiger partial charge in [0.2, 0.25) is 0 Å². The molecule has 1 saturated heterocycles. The lowest BCUT2D eigenvalue weighted by molar-refractivity contribution is -0.139. The molecule has 0 saturated carbocycles. The Morgan fingerprint density at radius 2 is 1.68 bits per heavy atom. The number of amides is 1. The second-order valence-corrected chi connectivity index (χ2v) is 9.93. The Morgan fingerprint density at radius 1 is 0.925 bits per heavy atom. The van der Waals surface area contributed by atoms with Crippen LogP contribution < -0.4 is 14.2 Å². The van der Waals surface area contributed by atoms with E-state index < -0.39 is 17.7 Å². The number of carbonyl (C=O) groups is 2. The van der Waals surface area contributed by atoms with Crippen molar-refractivity contribution >= 4 is 17.4 Å². The maximum Gasteiger partial charge on any atom is 0.295 e. The predicted molar refractivity (Wildman–Crippen MR) is 155 cm³/mol. The smallest absolute Gasteiger partial charge is 0.295 e. The van der Waals surface area contributed by atoms with Gasteiger partial charge in [0.05, 0.1) is 32.4 Å². The van der Waals surface area contributed by atoms with Crippen molar-refractivity contribution in [3.05, 3.63) is 94.6 Å². The normalized spacial score (nSPS) is 16.3. The predicted octanol–water partition coefficient (Wildman–Crippen LogP) is 6.25. The number of ether oxygens (including phenoxy) is 3. The van der Waals surface area contributed by atoms with E-state index in [1.165, 1.54) is 0 Å². The molecule has 0 aromatic heterocycles. The van der Waals surface area contributed by atoms with Gasteiger partial charge in [-0.2, -0.15) is 0 Å². The summed E-state index contributed by atoms with van der Waals surface area (Å²) in [5, 5.41) is 11.4. The number of benzene rings is 3. The first-order valence-electron chi connectivity index (χ1n) is 13.7. The number of aliphatic hydroxyl groups excluding tert-OH is 1. The van der Waals surface area contributed by atoms with E-state index in [1.54, 1.807) is 43.4 Å². The Balaban J connectivity index is 1.65. The van der Waals surface area contributed by atoms with Crippen LogP contribution in [0.1, 0.15) is 54.5 Å². The van der Waals surface area contributed by atoms with Crippen molar-refractivity contribution in [1.82, 2.24) is 4.90 Å². The standard InChI is InChI=1S/C33H37NO6/c1-5-6-7-19-40-26-14-12-24(13-15-26)31(35)29-30(25-10-8-9-22(2)20-25)34(33(37)32(29)36)18-17-23-11-16-27(38-3)28(21-23)39-4/h8-16,20-21,30,35H,5-7,17-19H2,1-4H3/b31-29+. The highest BCUT2D eigenvalue weighted by molar-refractivity contribution is 6.46. The number of unbranched alkanes of at least 4 members (excludes halogenated alkanes) is 2. The van der Waals surface area contributed by atoms with Crippen LogP contribution in [0, 0.1) is 6.92 Å². The van der Waals surface area contributed by atoms with Gasteiger partial charge in [-0.05, 0) is 67.3 Å². The number of rotatable bonds is 12. The molecule has 7 heteroatoms. The summed E-state index contributed by atoms with van der Waals surface area (Å²) in [6, 6.07) is 19.5. The molecule has 1 N–H and O–H groups in total. The van der Waals surface area contributed by atoms with Crippen LogP contribution in [-0.4, -0.2) is 49.1 Å². The number of likely N-dealkylation sites (tertiary alicyclic amines) is 1. The highest BCUT2D eigenvalue weighted by atomic mass is 16.5. The average molecular weight is 544 g/mol. The first-order valence-corrected chi connectivity index (χ1v) is 13.7. The second kappa shape index (κ2) is 13.2. The number of methoxy groups -OCH3 is 2. The molecule has 1 heterocycles. The maximum absolute atomic E-state index is 13.4. The molecule has 1 fully saturated rings. The Hall–Kier alpha value is -4.26. The number of hydrogen-bond donors (Lipinski definition) is 1. The summed E-state index contributed by atoms with van der Waals surface area (Å²) in [6.45, 7) is 5.00. The van der Waals surface area contributed by atoms with E-state index in [0.717, 1.165) is 36.0 Å². The molecule has 1 amide bonds. The van der Waals surface area contributed by atoms with E-state index in [1.807, 2.05) is 49.4 Å². The summed E-state index contributed by atoms with van der Waals surface area (Å²) in [4.78, 5) is 28.3. The molecule has 1 aliphatic heterocycles. The lowest BCUT2D eigenvalue weighted by Crippen LogP contribution is -2.31. The topological polar surface area (TPSA) is 85.3 Å². The zero-order valence-electron chi connectivity index (χ0n) is 23.6. The highest BCUT2D eigenvalue weighted by Crippen LogP contribution is 2.40. The minimum atomic E-state index is -0.718. The Bertz CT molecular complexity index is 1380. The van der Waals surface area contributed by atoms with Crippen molar-refractivity contribution in [2.45, 2.75) is 45.6 Å². The van der Waals surface area contributed by atoms with Gasteiger partial charge >= 0.3 is 0 Å². The minimum absolute atomic E-state index is 0.0829. The third-order valence-electron chi connectivity index (χ3n) is 7.13. The van der Waals surface area contributed by atoms with E-state index in [4.69, 9.17) is 14.2 Å². The Kier molecular flexibility index (Phi) is 9.48. The number of Topliss-reactive ketones (excluding diaryl/α,β-unsaturated/α-hetero) is 1. The van der Waals surface area contributed by atoms with Crippen molar-refractivity contribution in [2.75, 3.05) is 27.4 Å². The summed E-state index contributed by atoms with van der Waals surface area (Å²) >= 11 is 0. The average Bonchev–Trinajstić information content (AvgIpc) is 3.23. The Labute approximate surface area is 236 Å². The number of nitrogens with zero attached hydrogens (tertiary/aromatic N) is 1. The highest BCUT2D eigenvalue weighted by Gasteiger charge is 2.45.